The molecule has 5 nitrogen and oxygen atoms in total. The van der Waals surface area contributed by atoms with E-state index in [1.807, 2.05) is 0 Å². The van der Waals surface area contributed by atoms with Crippen LogP contribution in [0.1, 0.15) is 32.1 Å². The lowest BCUT2D eigenvalue weighted by Crippen LogP contribution is -2.40. The summed E-state index contributed by atoms with van der Waals surface area (Å²) in [7, 11) is 0. The molecule has 18 heavy (non-hydrogen) atoms. The van der Waals surface area contributed by atoms with Crippen LogP contribution < -0.4 is 16.4 Å². The zero-order valence-electron chi connectivity index (χ0n) is 10.8. The fraction of sp³-hybridized carbons (Fsp3) is 0.846. The third-order valence-electron chi connectivity index (χ3n) is 4.35. The highest BCUT2D eigenvalue weighted by molar-refractivity contribution is 5.85. The fourth-order valence-corrected chi connectivity index (χ4v) is 3.44. The van der Waals surface area contributed by atoms with Crippen molar-refractivity contribution in [3.8, 4) is 0 Å². The molecule has 0 aromatic carbocycles. The van der Waals surface area contributed by atoms with E-state index in [2.05, 4.69) is 10.6 Å². The summed E-state index contributed by atoms with van der Waals surface area (Å²) < 4.78 is 0. The van der Waals surface area contributed by atoms with Gasteiger partial charge in [0, 0.05) is 6.54 Å². The van der Waals surface area contributed by atoms with Crippen molar-refractivity contribution in [3.63, 3.8) is 0 Å². The Labute approximate surface area is 108 Å². The first-order valence-corrected chi connectivity index (χ1v) is 6.92. The normalized spacial score (nSPS) is 29.3. The third-order valence-corrected chi connectivity index (χ3v) is 4.35. The monoisotopic (exact) mass is 253 g/mol. The second-order valence-corrected chi connectivity index (χ2v) is 5.55. The van der Waals surface area contributed by atoms with Crippen LogP contribution in [0.2, 0.25) is 0 Å². The summed E-state index contributed by atoms with van der Waals surface area (Å²) in [5.74, 6) is 2.25. The Hall–Kier alpha value is -1.10. The molecule has 0 saturated heterocycles. The second kappa shape index (κ2) is 6.18. The molecule has 102 valence electrons. The highest BCUT2D eigenvalue weighted by Crippen LogP contribution is 2.49. The van der Waals surface area contributed by atoms with Gasteiger partial charge in [0.15, 0.2) is 0 Å². The molecular weight excluding hydrogens is 230 g/mol. The summed E-state index contributed by atoms with van der Waals surface area (Å²) in [6, 6.07) is 0. The van der Waals surface area contributed by atoms with Crippen molar-refractivity contribution in [1.29, 1.82) is 0 Å². The van der Waals surface area contributed by atoms with Gasteiger partial charge >= 0.3 is 0 Å². The Morgan fingerprint density at radius 3 is 2.56 bits per heavy atom. The highest BCUT2D eigenvalue weighted by Gasteiger charge is 2.38. The number of fused-ring (bicyclic) bond motifs is 2. The van der Waals surface area contributed by atoms with E-state index >= 15 is 0 Å². The van der Waals surface area contributed by atoms with Crippen LogP contribution in [-0.2, 0) is 9.59 Å². The first kappa shape index (κ1) is 13.3. The molecule has 2 bridgehead atoms. The molecule has 0 heterocycles. The number of carbonyl (C=O) groups is 2. The van der Waals surface area contributed by atoms with E-state index in [9.17, 15) is 9.59 Å². The van der Waals surface area contributed by atoms with Crippen molar-refractivity contribution < 1.29 is 9.59 Å². The molecule has 2 fully saturated rings. The van der Waals surface area contributed by atoms with Gasteiger partial charge in [-0.1, -0.05) is 6.42 Å². The summed E-state index contributed by atoms with van der Waals surface area (Å²) in [6.45, 7) is 0.691. The second-order valence-electron chi connectivity index (χ2n) is 5.55. The van der Waals surface area contributed by atoms with Gasteiger partial charge in [0.2, 0.25) is 11.8 Å². The minimum atomic E-state index is -0.293. The standard InChI is InChI=1S/C13H23N3O2/c14-7-12(17)16-8-13(18)15-4-3-11-6-9-1-2-10(11)5-9/h9-11H,1-8,14H2,(H,15,18)(H,16,17). The molecule has 3 unspecified atom stereocenters. The summed E-state index contributed by atoms with van der Waals surface area (Å²) in [6.07, 6.45) is 6.64. The van der Waals surface area contributed by atoms with Gasteiger partial charge in [-0.3, -0.25) is 9.59 Å². The zero-order chi connectivity index (χ0) is 13.0. The molecule has 0 aliphatic heterocycles. The van der Waals surface area contributed by atoms with Crippen LogP contribution >= 0.6 is 0 Å². The third kappa shape index (κ3) is 3.45. The van der Waals surface area contributed by atoms with Gasteiger partial charge in [0.1, 0.15) is 0 Å². The molecule has 2 aliphatic rings. The molecule has 0 radical (unpaired) electrons. The van der Waals surface area contributed by atoms with Crippen LogP contribution in [0, 0.1) is 17.8 Å². The Kier molecular flexibility index (Phi) is 4.58. The number of carbonyl (C=O) groups excluding carboxylic acids is 2. The number of amides is 2. The van der Waals surface area contributed by atoms with Gasteiger partial charge in [0.25, 0.3) is 0 Å². The van der Waals surface area contributed by atoms with Gasteiger partial charge in [-0.15, -0.1) is 0 Å². The van der Waals surface area contributed by atoms with Crippen molar-refractivity contribution in [3.05, 3.63) is 0 Å². The number of hydrogen-bond acceptors (Lipinski definition) is 3. The molecule has 5 heteroatoms. The van der Waals surface area contributed by atoms with Crippen LogP contribution in [0.4, 0.5) is 0 Å². The summed E-state index contributed by atoms with van der Waals surface area (Å²) >= 11 is 0. The Morgan fingerprint density at radius 2 is 1.94 bits per heavy atom. The number of nitrogens with two attached hydrogens (primary N) is 1. The molecule has 0 aromatic rings. The first-order chi connectivity index (χ1) is 8.69. The highest BCUT2D eigenvalue weighted by atomic mass is 16.2. The largest absolute Gasteiger partial charge is 0.355 e. The SMILES string of the molecule is NCC(=O)NCC(=O)NCCC1CC2CCC1C2. The van der Waals surface area contributed by atoms with Gasteiger partial charge < -0.3 is 16.4 Å². The van der Waals surface area contributed by atoms with Gasteiger partial charge in [0.05, 0.1) is 13.1 Å². The number of rotatable bonds is 6. The van der Waals surface area contributed by atoms with Crippen LogP contribution in [0.5, 0.6) is 0 Å². The quantitative estimate of drug-likeness (QED) is 0.623. The summed E-state index contributed by atoms with van der Waals surface area (Å²) in [5.41, 5.74) is 5.13. The Balaban J connectivity index is 1.55. The molecule has 2 aliphatic carbocycles. The maximum atomic E-state index is 11.4. The molecule has 0 aromatic heterocycles. The predicted octanol–water partition coefficient (Wildman–Crippen LogP) is 0.00380. The van der Waals surface area contributed by atoms with E-state index in [0.29, 0.717) is 0 Å². The van der Waals surface area contributed by atoms with Crippen LogP contribution in [0.25, 0.3) is 0 Å². The Bertz CT molecular complexity index is 319. The van der Waals surface area contributed by atoms with E-state index in [1.165, 1.54) is 25.7 Å². The van der Waals surface area contributed by atoms with Gasteiger partial charge in [-0.25, -0.2) is 0 Å². The van der Waals surface area contributed by atoms with Crippen molar-refractivity contribution in [2.45, 2.75) is 32.1 Å². The number of nitrogens with one attached hydrogen (secondary N) is 2. The van der Waals surface area contributed by atoms with Crippen molar-refractivity contribution >= 4 is 11.8 Å². The number of hydrogen-bond donors (Lipinski definition) is 3. The van der Waals surface area contributed by atoms with E-state index < -0.39 is 0 Å². The smallest absolute Gasteiger partial charge is 0.239 e. The predicted molar refractivity (Wildman–Crippen MR) is 68.6 cm³/mol. The molecule has 2 amide bonds. The van der Waals surface area contributed by atoms with E-state index in [-0.39, 0.29) is 24.9 Å². The van der Waals surface area contributed by atoms with Crippen molar-refractivity contribution in [1.82, 2.24) is 10.6 Å². The first-order valence-electron chi connectivity index (χ1n) is 6.92. The minimum absolute atomic E-state index is 0.0345. The minimum Gasteiger partial charge on any atom is -0.355 e. The van der Waals surface area contributed by atoms with Crippen molar-refractivity contribution in [2.24, 2.45) is 23.5 Å². The topological polar surface area (TPSA) is 84.2 Å². The van der Waals surface area contributed by atoms with Crippen molar-refractivity contribution in [2.75, 3.05) is 19.6 Å². The van der Waals surface area contributed by atoms with Crippen LogP contribution in [0.15, 0.2) is 0 Å². The molecule has 2 saturated carbocycles. The molecule has 3 atom stereocenters. The fourth-order valence-electron chi connectivity index (χ4n) is 3.44. The van der Waals surface area contributed by atoms with Gasteiger partial charge in [-0.2, -0.15) is 0 Å². The average molecular weight is 253 g/mol. The maximum Gasteiger partial charge on any atom is 0.239 e. The van der Waals surface area contributed by atoms with Crippen LogP contribution in [-0.4, -0.2) is 31.4 Å². The van der Waals surface area contributed by atoms with E-state index in [0.717, 1.165) is 30.7 Å². The molecule has 4 N–H and O–H groups in total. The summed E-state index contributed by atoms with van der Waals surface area (Å²) in [4.78, 5) is 22.3. The Morgan fingerprint density at radius 1 is 1.11 bits per heavy atom. The molecule has 0 spiro atoms. The maximum absolute atomic E-state index is 11.4. The zero-order valence-corrected chi connectivity index (χ0v) is 10.8. The molecular formula is C13H23N3O2. The van der Waals surface area contributed by atoms with Crippen LogP contribution in [0.3, 0.4) is 0 Å². The summed E-state index contributed by atoms with van der Waals surface area (Å²) in [5, 5.41) is 5.32. The molecule has 2 rings (SSSR count). The average Bonchev–Trinajstić information content (AvgIpc) is 2.98. The van der Waals surface area contributed by atoms with Gasteiger partial charge in [-0.05, 0) is 43.4 Å². The lowest BCUT2D eigenvalue weighted by molar-refractivity contribution is -0.125. The van der Waals surface area contributed by atoms with E-state index in [4.69, 9.17) is 5.73 Å². The van der Waals surface area contributed by atoms with E-state index in [1.54, 1.807) is 0 Å². The lowest BCUT2D eigenvalue weighted by atomic mass is 9.86. The lowest BCUT2D eigenvalue weighted by Gasteiger charge is -2.21.